The zero-order chi connectivity index (χ0) is 11.1. The van der Waals surface area contributed by atoms with Crippen LogP contribution in [0.1, 0.15) is 44.4 Å². The highest BCUT2D eigenvalue weighted by Crippen LogP contribution is 2.38. The third-order valence-corrected chi connectivity index (χ3v) is 2.83. The van der Waals surface area contributed by atoms with Gasteiger partial charge in [0.2, 0.25) is 0 Å². The van der Waals surface area contributed by atoms with Crippen LogP contribution < -0.4 is 5.32 Å². The van der Waals surface area contributed by atoms with E-state index in [1.54, 1.807) is 6.07 Å². The monoisotopic (exact) mass is 205 g/mol. The molecule has 1 aromatic rings. The van der Waals surface area contributed by atoms with Crippen LogP contribution in [0.2, 0.25) is 0 Å². The quantitative estimate of drug-likeness (QED) is 0.739. The number of rotatable bonds is 1. The minimum Gasteiger partial charge on any atom is -0.508 e. The van der Waals surface area contributed by atoms with Gasteiger partial charge in [0.05, 0.1) is 0 Å². The largest absolute Gasteiger partial charge is 0.508 e. The van der Waals surface area contributed by atoms with Gasteiger partial charge in [-0.05, 0) is 45.2 Å². The van der Waals surface area contributed by atoms with E-state index >= 15 is 0 Å². The molecule has 0 radical (unpaired) electrons. The maximum atomic E-state index is 9.86. The second-order valence-corrected chi connectivity index (χ2v) is 5.34. The molecule has 1 unspecified atom stereocenters. The highest BCUT2D eigenvalue weighted by atomic mass is 16.3. The molecule has 0 saturated heterocycles. The molecule has 0 fully saturated rings. The van der Waals surface area contributed by atoms with Crippen molar-refractivity contribution in [3.8, 4) is 5.75 Å². The molecule has 2 nitrogen and oxygen atoms in total. The molecule has 0 heterocycles. The molecule has 1 aromatic carbocycles. The molecular weight excluding hydrogens is 186 g/mol. The normalized spacial score (nSPS) is 20.3. The fraction of sp³-hybridized carbons (Fsp3) is 0.538. The van der Waals surface area contributed by atoms with Gasteiger partial charge in [0.25, 0.3) is 0 Å². The van der Waals surface area contributed by atoms with Gasteiger partial charge in [-0.1, -0.05) is 12.1 Å². The number of phenolic OH excluding ortho intramolecular Hbond substituents is 1. The topological polar surface area (TPSA) is 32.3 Å². The Balaban J connectivity index is 2.28. The SMILES string of the molecule is CC(C)(C)NC1CCc2cccc(O)c21. The minimum absolute atomic E-state index is 0.0918. The first kappa shape index (κ1) is 10.5. The van der Waals surface area contributed by atoms with Crippen molar-refractivity contribution in [1.29, 1.82) is 0 Å². The van der Waals surface area contributed by atoms with E-state index in [4.69, 9.17) is 0 Å². The summed E-state index contributed by atoms with van der Waals surface area (Å²) in [5.41, 5.74) is 2.48. The van der Waals surface area contributed by atoms with Crippen molar-refractivity contribution in [3.63, 3.8) is 0 Å². The molecule has 0 aromatic heterocycles. The maximum Gasteiger partial charge on any atom is 0.120 e. The minimum atomic E-state index is 0.0918. The fourth-order valence-electron chi connectivity index (χ4n) is 2.33. The molecule has 1 aliphatic rings. The van der Waals surface area contributed by atoms with Gasteiger partial charge in [0.15, 0.2) is 0 Å². The van der Waals surface area contributed by atoms with E-state index in [0.29, 0.717) is 11.8 Å². The first-order chi connectivity index (χ1) is 6.97. The molecule has 15 heavy (non-hydrogen) atoms. The first-order valence-corrected chi connectivity index (χ1v) is 5.56. The van der Waals surface area contributed by atoms with Crippen LogP contribution in [0.4, 0.5) is 0 Å². The van der Waals surface area contributed by atoms with E-state index in [2.05, 4.69) is 32.2 Å². The highest BCUT2D eigenvalue weighted by Gasteiger charge is 2.28. The van der Waals surface area contributed by atoms with Crippen molar-refractivity contribution < 1.29 is 5.11 Å². The second kappa shape index (κ2) is 3.53. The van der Waals surface area contributed by atoms with Gasteiger partial charge < -0.3 is 10.4 Å². The van der Waals surface area contributed by atoms with Crippen molar-refractivity contribution in [2.75, 3.05) is 0 Å². The summed E-state index contributed by atoms with van der Waals surface area (Å²) in [7, 11) is 0. The highest BCUT2D eigenvalue weighted by molar-refractivity contribution is 5.44. The van der Waals surface area contributed by atoms with Crippen LogP contribution in [-0.2, 0) is 6.42 Å². The lowest BCUT2D eigenvalue weighted by molar-refractivity contribution is 0.354. The molecular formula is C13H19NO. The summed E-state index contributed by atoms with van der Waals surface area (Å²) in [5, 5.41) is 13.4. The van der Waals surface area contributed by atoms with Crippen molar-refractivity contribution >= 4 is 0 Å². The first-order valence-electron chi connectivity index (χ1n) is 5.56. The summed E-state index contributed by atoms with van der Waals surface area (Å²) in [4.78, 5) is 0. The number of hydrogen-bond donors (Lipinski definition) is 2. The third-order valence-electron chi connectivity index (χ3n) is 2.83. The predicted octanol–water partition coefficient (Wildman–Crippen LogP) is 2.77. The summed E-state index contributed by atoms with van der Waals surface area (Å²) < 4.78 is 0. The number of aryl methyl sites for hydroxylation is 1. The molecule has 0 amide bonds. The van der Waals surface area contributed by atoms with E-state index < -0.39 is 0 Å². The van der Waals surface area contributed by atoms with Gasteiger partial charge >= 0.3 is 0 Å². The standard InChI is InChI=1S/C13H19NO/c1-13(2,3)14-10-8-7-9-5-4-6-11(15)12(9)10/h4-6,10,14-15H,7-8H2,1-3H3. The van der Waals surface area contributed by atoms with E-state index in [1.807, 2.05) is 6.07 Å². The molecule has 0 saturated carbocycles. The van der Waals surface area contributed by atoms with Crippen LogP contribution in [0.15, 0.2) is 18.2 Å². The van der Waals surface area contributed by atoms with Crippen LogP contribution in [0.25, 0.3) is 0 Å². The lowest BCUT2D eigenvalue weighted by Crippen LogP contribution is -2.38. The zero-order valence-electron chi connectivity index (χ0n) is 9.67. The van der Waals surface area contributed by atoms with Gasteiger partial charge in [-0.2, -0.15) is 0 Å². The molecule has 1 atom stereocenters. The number of hydrogen-bond acceptors (Lipinski definition) is 2. The second-order valence-electron chi connectivity index (χ2n) is 5.34. The molecule has 0 spiro atoms. The number of phenols is 1. The van der Waals surface area contributed by atoms with Gasteiger partial charge in [0.1, 0.15) is 5.75 Å². The molecule has 0 bridgehead atoms. The van der Waals surface area contributed by atoms with Crippen LogP contribution in [-0.4, -0.2) is 10.6 Å². The van der Waals surface area contributed by atoms with E-state index in [-0.39, 0.29) is 5.54 Å². The summed E-state index contributed by atoms with van der Waals surface area (Å²) in [6, 6.07) is 6.12. The van der Waals surface area contributed by atoms with Crippen molar-refractivity contribution in [3.05, 3.63) is 29.3 Å². The lowest BCUT2D eigenvalue weighted by Gasteiger charge is -2.26. The van der Waals surface area contributed by atoms with Crippen molar-refractivity contribution in [2.45, 2.75) is 45.2 Å². The van der Waals surface area contributed by atoms with E-state index in [9.17, 15) is 5.11 Å². The van der Waals surface area contributed by atoms with Gasteiger partial charge in [0, 0.05) is 17.1 Å². The molecule has 1 aliphatic carbocycles. The van der Waals surface area contributed by atoms with Crippen molar-refractivity contribution in [2.24, 2.45) is 0 Å². The summed E-state index contributed by atoms with van der Waals surface area (Å²) in [6.07, 6.45) is 2.15. The van der Waals surface area contributed by atoms with Crippen LogP contribution >= 0.6 is 0 Å². The molecule has 82 valence electrons. The number of aromatic hydroxyl groups is 1. The maximum absolute atomic E-state index is 9.86. The predicted molar refractivity (Wildman–Crippen MR) is 62.1 cm³/mol. The van der Waals surface area contributed by atoms with Gasteiger partial charge in [-0.25, -0.2) is 0 Å². The Labute approximate surface area is 91.3 Å². The van der Waals surface area contributed by atoms with Crippen molar-refractivity contribution in [1.82, 2.24) is 5.32 Å². The lowest BCUT2D eigenvalue weighted by atomic mass is 10.0. The smallest absolute Gasteiger partial charge is 0.120 e. The fourth-order valence-corrected chi connectivity index (χ4v) is 2.33. The Kier molecular flexibility index (Phi) is 2.47. The average Bonchev–Trinajstić information content (AvgIpc) is 2.47. The van der Waals surface area contributed by atoms with Gasteiger partial charge in [-0.15, -0.1) is 0 Å². The third kappa shape index (κ3) is 2.15. The summed E-state index contributed by atoms with van der Waals surface area (Å²) in [5.74, 6) is 0.437. The molecule has 0 aliphatic heterocycles. The number of benzene rings is 1. The Morgan fingerprint density at radius 2 is 2.07 bits per heavy atom. The Morgan fingerprint density at radius 3 is 2.73 bits per heavy atom. The Morgan fingerprint density at radius 1 is 1.33 bits per heavy atom. The number of fused-ring (bicyclic) bond motifs is 1. The molecule has 2 N–H and O–H groups in total. The van der Waals surface area contributed by atoms with Gasteiger partial charge in [-0.3, -0.25) is 0 Å². The summed E-state index contributed by atoms with van der Waals surface area (Å²) >= 11 is 0. The van der Waals surface area contributed by atoms with Crippen LogP contribution in [0, 0.1) is 0 Å². The van der Waals surface area contributed by atoms with Crippen LogP contribution in [0.5, 0.6) is 5.75 Å². The Hall–Kier alpha value is -1.02. The van der Waals surface area contributed by atoms with Crippen LogP contribution in [0.3, 0.4) is 0 Å². The molecule has 2 rings (SSSR count). The molecule has 2 heteroatoms. The van der Waals surface area contributed by atoms with E-state index in [0.717, 1.165) is 18.4 Å². The Bertz CT molecular complexity index is 365. The zero-order valence-corrected chi connectivity index (χ0v) is 9.67. The number of nitrogens with one attached hydrogen (secondary N) is 1. The van der Waals surface area contributed by atoms with E-state index in [1.165, 1.54) is 5.56 Å². The average molecular weight is 205 g/mol. The summed E-state index contributed by atoms with van der Waals surface area (Å²) in [6.45, 7) is 6.47.